The second-order valence-electron chi connectivity index (χ2n) is 7.91. The summed E-state index contributed by atoms with van der Waals surface area (Å²) in [6, 6.07) is 0.988. The van der Waals surface area contributed by atoms with Gasteiger partial charge < -0.3 is 19.3 Å². The summed E-state index contributed by atoms with van der Waals surface area (Å²) in [5, 5.41) is 17.6. The first-order valence-electron chi connectivity index (χ1n) is 9.76. The second kappa shape index (κ2) is 6.54. The van der Waals surface area contributed by atoms with Gasteiger partial charge in [-0.15, -0.1) is 5.10 Å². The maximum Gasteiger partial charge on any atom is 0.341 e. The van der Waals surface area contributed by atoms with Gasteiger partial charge in [-0.3, -0.25) is 4.79 Å². The number of carboxylic acid groups (broad SMARTS) is 1. The van der Waals surface area contributed by atoms with Crippen LogP contribution < -0.4 is 15.1 Å². The number of rotatable bonds is 3. The summed E-state index contributed by atoms with van der Waals surface area (Å²) in [6.45, 7) is 5.09. The first kappa shape index (κ1) is 18.6. The van der Waals surface area contributed by atoms with Crippen molar-refractivity contribution in [2.45, 2.75) is 32.4 Å². The van der Waals surface area contributed by atoms with Crippen molar-refractivity contribution in [2.24, 2.45) is 0 Å². The lowest BCUT2D eigenvalue weighted by Crippen LogP contribution is -2.29. The standard InChI is InChI=1S/C20H20FN5O4/c1-10-6-26(23-22-10)12-3-4-24(7-12)17-15(21)5-13-16-19(17)30-9-11(2)25(16)8-14(18(13)27)20(28)29/h5-6,8,11-12H,3-4,7,9H2,1-2H3,(H,28,29)/t11-,12?/m0/s1. The van der Waals surface area contributed by atoms with Crippen molar-refractivity contribution in [1.29, 1.82) is 0 Å². The largest absolute Gasteiger partial charge is 0.487 e. The van der Waals surface area contributed by atoms with Crippen LogP contribution >= 0.6 is 0 Å². The summed E-state index contributed by atoms with van der Waals surface area (Å²) in [5.74, 6) is -1.65. The average molecular weight is 413 g/mol. The molecule has 0 saturated carbocycles. The summed E-state index contributed by atoms with van der Waals surface area (Å²) >= 11 is 0. The Morgan fingerprint density at radius 3 is 2.87 bits per heavy atom. The molecule has 2 aliphatic rings. The third-order valence-corrected chi connectivity index (χ3v) is 5.85. The number of carboxylic acids is 1. The number of hydrogen-bond acceptors (Lipinski definition) is 6. The van der Waals surface area contributed by atoms with Gasteiger partial charge in [-0.1, -0.05) is 5.21 Å². The van der Waals surface area contributed by atoms with Crippen LogP contribution in [0.15, 0.2) is 23.3 Å². The van der Waals surface area contributed by atoms with E-state index in [0.717, 1.165) is 18.2 Å². The molecule has 1 N–H and O–H groups in total. The Bertz CT molecular complexity index is 1250. The number of nitrogens with zero attached hydrogens (tertiary/aromatic N) is 5. The normalized spacial score (nSPS) is 20.6. The highest BCUT2D eigenvalue weighted by molar-refractivity contribution is 5.97. The van der Waals surface area contributed by atoms with Crippen molar-refractivity contribution < 1.29 is 19.0 Å². The fourth-order valence-electron chi connectivity index (χ4n) is 4.36. The van der Waals surface area contributed by atoms with E-state index in [1.807, 2.05) is 24.9 Å². The molecule has 1 aromatic carbocycles. The SMILES string of the molecule is Cc1cn(C2CCN(c3c(F)cc4c(=O)c(C(=O)O)cn5c4c3OC[C@@H]5C)C2)nn1. The summed E-state index contributed by atoms with van der Waals surface area (Å²) in [5.41, 5.74) is 0.453. The van der Waals surface area contributed by atoms with E-state index in [9.17, 15) is 14.7 Å². The monoisotopic (exact) mass is 413 g/mol. The molecule has 156 valence electrons. The molecule has 4 heterocycles. The molecule has 3 aromatic rings. The van der Waals surface area contributed by atoms with Gasteiger partial charge in [0.2, 0.25) is 5.43 Å². The minimum absolute atomic E-state index is 0.0142. The zero-order chi connectivity index (χ0) is 21.2. The first-order chi connectivity index (χ1) is 14.3. The van der Waals surface area contributed by atoms with Gasteiger partial charge in [0, 0.05) is 25.5 Å². The number of pyridine rings is 1. The molecule has 0 amide bonds. The Labute approximate surface area is 170 Å². The number of aromatic nitrogens is 4. The Morgan fingerprint density at radius 2 is 2.17 bits per heavy atom. The number of carbonyl (C=O) groups is 1. The van der Waals surface area contributed by atoms with Crippen LogP contribution in [0.5, 0.6) is 5.75 Å². The van der Waals surface area contributed by atoms with Gasteiger partial charge in [-0.25, -0.2) is 13.9 Å². The summed E-state index contributed by atoms with van der Waals surface area (Å²) < 4.78 is 24.7. The van der Waals surface area contributed by atoms with Gasteiger partial charge in [0.1, 0.15) is 17.9 Å². The number of aromatic carboxylic acids is 1. The molecule has 0 bridgehead atoms. The molecule has 1 unspecified atom stereocenters. The predicted molar refractivity (Wildman–Crippen MR) is 106 cm³/mol. The highest BCUT2D eigenvalue weighted by Gasteiger charge is 2.33. The Morgan fingerprint density at radius 1 is 1.37 bits per heavy atom. The fourth-order valence-corrected chi connectivity index (χ4v) is 4.36. The van der Waals surface area contributed by atoms with Crippen molar-refractivity contribution in [1.82, 2.24) is 19.6 Å². The van der Waals surface area contributed by atoms with E-state index in [1.165, 1.54) is 6.20 Å². The Kier molecular flexibility index (Phi) is 4.05. The molecule has 9 nitrogen and oxygen atoms in total. The lowest BCUT2D eigenvalue weighted by molar-refractivity contribution is 0.0694. The van der Waals surface area contributed by atoms with Gasteiger partial charge in [-0.2, -0.15) is 0 Å². The van der Waals surface area contributed by atoms with E-state index >= 15 is 4.39 Å². The number of halogens is 1. The minimum atomic E-state index is -1.33. The Hall–Kier alpha value is -3.43. The van der Waals surface area contributed by atoms with Gasteiger partial charge in [0.25, 0.3) is 0 Å². The van der Waals surface area contributed by atoms with Crippen molar-refractivity contribution >= 4 is 22.6 Å². The first-order valence-corrected chi connectivity index (χ1v) is 9.76. The van der Waals surface area contributed by atoms with Crippen LogP contribution in [0.4, 0.5) is 10.1 Å². The number of hydrogen-bond donors (Lipinski definition) is 1. The third kappa shape index (κ3) is 2.66. The van der Waals surface area contributed by atoms with Crippen LogP contribution in [0.1, 0.15) is 41.5 Å². The molecule has 0 radical (unpaired) electrons. The van der Waals surface area contributed by atoms with Crippen molar-refractivity contribution in [3.63, 3.8) is 0 Å². The van der Waals surface area contributed by atoms with Gasteiger partial charge >= 0.3 is 5.97 Å². The van der Waals surface area contributed by atoms with Crippen LogP contribution in [-0.2, 0) is 0 Å². The topological polar surface area (TPSA) is 102 Å². The third-order valence-electron chi connectivity index (χ3n) is 5.85. The lowest BCUT2D eigenvalue weighted by Gasteiger charge is -2.31. The zero-order valence-corrected chi connectivity index (χ0v) is 16.5. The predicted octanol–water partition coefficient (Wildman–Crippen LogP) is 2.14. The molecule has 2 aliphatic heterocycles. The highest BCUT2D eigenvalue weighted by Crippen LogP contribution is 2.43. The van der Waals surface area contributed by atoms with Crippen molar-refractivity contribution in [3.05, 3.63) is 45.8 Å². The molecule has 5 rings (SSSR count). The maximum atomic E-state index is 15.3. The van der Waals surface area contributed by atoms with Crippen LogP contribution in [-0.4, -0.2) is 50.3 Å². The number of benzene rings is 1. The van der Waals surface area contributed by atoms with Crippen LogP contribution in [0.25, 0.3) is 10.9 Å². The van der Waals surface area contributed by atoms with E-state index in [4.69, 9.17) is 4.74 Å². The second-order valence-corrected chi connectivity index (χ2v) is 7.91. The van der Waals surface area contributed by atoms with E-state index in [0.29, 0.717) is 24.3 Å². The molecular weight excluding hydrogens is 393 g/mol. The average Bonchev–Trinajstić information content (AvgIpc) is 3.34. The molecule has 10 heteroatoms. The van der Waals surface area contributed by atoms with Crippen molar-refractivity contribution in [3.8, 4) is 5.75 Å². The van der Waals surface area contributed by atoms with E-state index in [2.05, 4.69) is 10.3 Å². The molecule has 2 aromatic heterocycles. The summed E-state index contributed by atoms with van der Waals surface area (Å²) in [7, 11) is 0. The number of aryl methyl sites for hydroxylation is 1. The molecule has 1 saturated heterocycles. The lowest BCUT2D eigenvalue weighted by atomic mass is 10.1. The zero-order valence-electron chi connectivity index (χ0n) is 16.5. The maximum absolute atomic E-state index is 15.3. The molecule has 30 heavy (non-hydrogen) atoms. The molecule has 0 spiro atoms. The van der Waals surface area contributed by atoms with Crippen LogP contribution in [0.3, 0.4) is 0 Å². The number of ether oxygens (including phenoxy) is 1. The summed E-state index contributed by atoms with van der Waals surface area (Å²) in [4.78, 5) is 26.1. The number of anilines is 1. The quantitative estimate of drug-likeness (QED) is 0.702. The van der Waals surface area contributed by atoms with E-state index < -0.39 is 17.2 Å². The van der Waals surface area contributed by atoms with Crippen LogP contribution in [0, 0.1) is 12.7 Å². The minimum Gasteiger partial charge on any atom is -0.487 e. The van der Waals surface area contributed by atoms with E-state index in [1.54, 1.807) is 9.25 Å². The van der Waals surface area contributed by atoms with Gasteiger partial charge in [-0.05, 0) is 26.3 Å². The van der Waals surface area contributed by atoms with E-state index in [-0.39, 0.29) is 35.4 Å². The smallest absolute Gasteiger partial charge is 0.341 e. The highest BCUT2D eigenvalue weighted by atomic mass is 19.1. The van der Waals surface area contributed by atoms with Gasteiger partial charge in [0.15, 0.2) is 11.6 Å². The fraction of sp³-hybridized carbons (Fsp3) is 0.400. The molecule has 2 atom stereocenters. The van der Waals surface area contributed by atoms with Crippen molar-refractivity contribution in [2.75, 3.05) is 24.6 Å². The Balaban J connectivity index is 1.66. The van der Waals surface area contributed by atoms with Crippen LogP contribution in [0.2, 0.25) is 0 Å². The van der Waals surface area contributed by atoms with Gasteiger partial charge in [0.05, 0.1) is 28.7 Å². The molecule has 1 fully saturated rings. The molecule has 0 aliphatic carbocycles. The summed E-state index contributed by atoms with van der Waals surface area (Å²) in [6.07, 6.45) is 3.95. The molecular formula is C20H20FN5O4.